The molecule has 0 radical (unpaired) electrons. The first kappa shape index (κ1) is 16.8. The molecule has 5 nitrogen and oxygen atoms in total. The largest absolute Gasteiger partial charge is 0.496 e. The summed E-state index contributed by atoms with van der Waals surface area (Å²) in [7, 11) is 4.48. The second-order valence-electron chi connectivity index (χ2n) is 6.75. The average molecular weight is 305 g/mol. The Morgan fingerprint density at radius 3 is 2.14 bits per heavy atom. The van der Waals surface area contributed by atoms with E-state index < -0.39 is 18.3 Å². The van der Waals surface area contributed by atoms with E-state index in [4.69, 9.17) is 14.0 Å². The Kier molecular flexibility index (Phi) is 4.28. The Labute approximate surface area is 132 Å². The lowest BCUT2D eigenvalue weighted by Gasteiger charge is -2.32. The second-order valence-corrected chi connectivity index (χ2v) is 6.75. The normalized spacial score (nSPS) is 19.1. The van der Waals surface area contributed by atoms with Crippen molar-refractivity contribution in [2.24, 2.45) is 0 Å². The number of carbonyl (C=O) groups excluding carboxylic acids is 1. The Hall–Kier alpha value is -1.53. The van der Waals surface area contributed by atoms with Crippen molar-refractivity contribution in [2.75, 3.05) is 21.2 Å². The van der Waals surface area contributed by atoms with E-state index in [9.17, 15) is 4.79 Å². The van der Waals surface area contributed by atoms with E-state index in [1.54, 1.807) is 33.3 Å². The molecule has 1 heterocycles. The number of ether oxygens (including phenoxy) is 1. The molecule has 120 valence electrons. The molecule has 22 heavy (non-hydrogen) atoms. The Bertz CT molecular complexity index is 568. The third-order valence-corrected chi connectivity index (χ3v) is 4.39. The fourth-order valence-corrected chi connectivity index (χ4v) is 2.26. The number of hydrogen-bond donors (Lipinski definition) is 0. The van der Waals surface area contributed by atoms with E-state index in [2.05, 4.69) is 0 Å². The molecule has 2 rings (SSSR count). The smallest absolute Gasteiger partial charge is 0.494 e. The zero-order valence-corrected chi connectivity index (χ0v) is 14.4. The topological polar surface area (TPSA) is 48.0 Å². The van der Waals surface area contributed by atoms with Crippen molar-refractivity contribution in [1.82, 2.24) is 4.90 Å². The van der Waals surface area contributed by atoms with Crippen LogP contribution < -0.4 is 10.2 Å². The lowest BCUT2D eigenvalue weighted by atomic mass is 9.78. The van der Waals surface area contributed by atoms with E-state index in [-0.39, 0.29) is 5.91 Å². The van der Waals surface area contributed by atoms with E-state index in [1.165, 1.54) is 4.90 Å². The second kappa shape index (κ2) is 5.59. The van der Waals surface area contributed by atoms with Gasteiger partial charge in [0.25, 0.3) is 5.91 Å². The summed E-state index contributed by atoms with van der Waals surface area (Å²) < 4.78 is 17.3. The van der Waals surface area contributed by atoms with Gasteiger partial charge in [0, 0.05) is 14.1 Å². The summed E-state index contributed by atoms with van der Waals surface area (Å²) in [5.74, 6) is 0.425. The van der Waals surface area contributed by atoms with Gasteiger partial charge in [-0.2, -0.15) is 0 Å². The Morgan fingerprint density at radius 2 is 1.68 bits per heavy atom. The molecule has 1 amide bonds. The highest BCUT2D eigenvalue weighted by molar-refractivity contribution is 6.62. The maximum Gasteiger partial charge on any atom is 0.494 e. The number of methoxy groups -OCH3 is 1. The first-order valence-electron chi connectivity index (χ1n) is 7.34. The quantitative estimate of drug-likeness (QED) is 0.798. The number of benzene rings is 1. The third-order valence-electron chi connectivity index (χ3n) is 4.39. The van der Waals surface area contributed by atoms with Crippen molar-refractivity contribution >= 4 is 18.5 Å². The summed E-state index contributed by atoms with van der Waals surface area (Å²) in [6, 6.07) is 5.42. The molecular weight excluding hydrogens is 281 g/mol. The maximum atomic E-state index is 12.3. The molecule has 0 aromatic heterocycles. The predicted molar refractivity (Wildman–Crippen MR) is 86.7 cm³/mol. The highest BCUT2D eigenvalue weighted by atomic mass is 16.7. The number of rotatable bonds is 3. The molecule has 0 atom stereocenters. The van der Waals surface area contributed by atoms with E-state index in [0.717, 1.165) is 5.46 Å². The molecule has 6 heteroatoms. The van der Waals surface area contributed by atoms with E-state index in [0.29, 0.717) is 11.3 Å². The first-order valence-corrected chi connectivity index (χ1v) is 7.34. The number of hydrogen-bond acceptors (Lipinski definition) is 4. The van der Waals surface area contributed by atoms with Gasteiger partial charge in [0.15, 0.2) is 0 Å². The van der Waals surface area contributed by atoms with Gasteiger partial charge >= 0.3 is 7.12 Å². The monoisotopic (exact) mass is 305 g/mol. The van der Waals surface area contributed by atoms with E-state index in [1.807, 2.05) is 33.8 Å². The van der Waals surface area contributed by atoms with Crippen LogP contribution in [0.1, 0.15) is 38.1 Å². The molecule has 0 saturated carbocycles. The van der Waals surface area contributed by atoms with Gasteiger partial charge in [-0.3, -0.25) is 4.79 Å². The molecule has 1 aliphatic heterocycles. The average Bonchev–Trinajstić information content (AvgIpc) is 2.65. The van der Waals surface area contributed by atoms with Crippen LogP contribution in [0.15, 0.2) is 18.2 Å². The van der Waals surface area contributed by atoms with Crippen LogP contribution in [-0.4, -0.2) is 50.3 Å². The summed E-state index contributed by atoms with van der Waals surface area (Å²) in [6.45, 7) is 8.01. The Morgan fingerprint density at radius 1 is 1.14 bits per heavy atom. The molecule has 0 unspecified atom stereocenters. The minimum absolute atomic E-state index is 0.116. The SMILES string of the molecule is COc1ccc(B2OC(C)(C)C(C)(C)O2)cc1C(=O)N(C)C. The van der Waals surface area contributed by atoms with Crippen LogP contribution in [0.2, 0.25) is 0 Å². The zero-order valence-electron chi connectivity index (χ0n) is 14.4. The molecule has 0 aliphatic carbocycles. The molecule has 1 aromatic rings. The maximum absolute atomic E-state index is 12.3. The van der Waals surface area contributed by atoms with Gasteiger partial charge < -0.3 is 18.9 Å². The zero-order chi connectivity index (χ0) is 16.7. The van der Waals surface area contributed by atoms with Gasteiger partial charge in [-0.05, 0) is 45.3 Å². The van der Waals surface area contributed by atoms with Crippen molar-refractivity contribution in [3.8, 4) is 5.75 Å². The van der Waals surface area contributed by atoms with Crippen molar-refractivity contribution in [3.63, 3.8) is 0 Å². The van der Waals surface area contributed by atoms with Crippen LogP contribution >= 0.6 is 0 Å². The predicted octanol–water partition coefficient (Wildman–Crippen LogP) is 1.70. The third kappa shape index (κ3) is 2.85. The van der Waals surface area contributed by atoms with Gasteiger partial charge in [0.2, 0.25) is 0 Å². The molecule has 0 N–H and O–H groups in total. The van der Waals surface area contributed by atoms with Crippen LogP contribution in [-0.2, 0) is 9.31 Å². The molecular formula is C16H24BNO4. The number of amides is 1. The van der Waals surface area contributed by atoms with Gasteiger partial charge in [-0.25, -0.2) is 0 Å². The summed E-state index contributed by atoms with van der Waals surface area (Å²) in [6.07, 6.45) is 0. The number of nitrogens with zero attached hydrogens (tertiary/aromatic N) is 1. The first-order chi connectivity index (χ1) is 10.1. The van der Waals surface area contributed by atoms with Crippen molar-refractivity contribution in [1.29, 1.82) is 0 Å². The minimum Gasteiger partial charge on any atom is -0.496 e. The van der Waals surface area contributed by atoms with Crippen molar-refractivity contribution in [3.05, 3.63) is 23.8 Å². The molecule has 1 saturated heterocycles. The molecule has 1 aromatic carbocycles. The molecule has 0 bridgehead atoms. The van der Waals surface area contributed by atoms with Crippen LogP contribution in [0, 0.1) is 0 Å². The van der Waals surface area contributed by atoms with Gasteiger partial charge in [0.05, 0.1) is 23.9 Å². The van der Waals surface area contributed by atoms with Crippen molar-refractivity contribution < 1.29 is 18.8 Å². The minimum atomic E-state index is -0.496. The van der Waals surface area contributed by atoms with Gasteiger partial charge in [0.1, 0.15) is 5.75 Å². The fourth-order valence-electron chi connectivity index (χ4n) is 2.26. The van der Waals surface area contributed by atoms with Crippen LogP contribution in [0.4, 0.5) is 0 Å². The molecule has 1 fully saturated rings. The fraction of sp³-hybridized carbons (Fsp3) is 0.562. The lowest BCUT2D eigenvalue weighted by molar-refractivity contribution is 0.00578. The summed E-state index contributed by atoms with van der Waals surface area (Å²) in [5.41, 5.74) is 0.483. The van der Waals surface area contributed by atoms with Crippen molar-refractivity contribution in [2.45, 2.75) is 38.9 Å². The summed E-state index contributed by atoms with van der Waals surface area (Å²) in [4.78, 5) is 13.8. The molecule has 0 spiro atoms. The summed E-state index contributed by atoms with van der Waals surface area (Å²) >= 11 is 0. The van der Waals surface area contributed by atoms with Gasteiger partial charge in [-0.15, -0.1) is 0 Å². The highest BCUT2D eigenvalue weighted by Gasteiger charge is 2.51. The Balaban J connectivity index is 2.38. The number of carbonyl (C=O) groups is 1. The standard InChI is InChI=1S/C16H24BNO4/c1-15(2)16(3,4)22-17(21-15)11-8-9-13(20-7)12(10-11)14(19)18(5)6/h8-10H,1-7H3. The summed E-state index contributed by atoms with van der Waals surface area (Å²) in [5, 5.41) is 0. The van der Waals surface area contributed by atoms with Gasteiger partial charge in [-0.1, -0.05) is 6.07 Å². The molecule has 1 aliphatic rings. The van der Waals surface area contributed by atoms with Crippen LogP contribution in [0.25, 0.3) is 0 Å². The lowest BCUT2D eigenvalue weighted by Crippen LogP contribution is -2.41. The van der Waals surface area contributed by atoms with Crippen LogP contribution in [0.3, 0.4) is 0 Å². The van der Waals surface area contributed by atoms with E-state index >= 15 is 0 Å². The highest BCUT2D eigenvalue weighted by Crippen LogP contribution is 2.36. The van der Waals surface area contributed by atoms with Crippen LogP contribution in [0.5, 0.6) is 5.75 Å².